The number of nitrogens with one attached hydrogen (secondary N) is 1. The van der Waals surface area contributed by atoms with Gasteiger partial charge in [-0.15, -0.1) is 0 Å². The van der Waals surface area contributed by atoms with Crippen LogP contribution in [-0.4, -0.2) is 31.0 Å². The van der Waals surface area contributed by atoms with Gasteiger partial charge in [-0.2, -0.15) is 36.9 Å². The third kappa shape index (κ3) is 4.76. The molecular formula is C20H12F6N4O2. The molecule has 0 saturated carbocycles. The van der Waals surface area contributed by atoms with E-state index in [0.29, 0.717) is 16.5 Å². The summed E-state index contributed by atoms with van der Waals surface area (Å²) in [5.74, 6) is -0.948. The molecular weight excluding hydrogens is 442 g/mol. The monoisotopic (exact) mass is 454 g/mol. The van der Waals surface area contributed by atoms with Gasteiger partial charge in [0.25, 0.3) is 5.91 Å². The molecule has 32 heavy (non-hydrogen) atoms. The third-order valence-corrected chi connectivity index (χ3v) is 4.55. The van der Waals surface area contributed by atoms with E-state index < -0.39 is 54.0 Å². The van der Waals surface area contributed by atoms with Gasteiger partial charge in [-0.25, -0.2) is 0 Å². The van der Waals surface area contributed by atoms with Crippen molar-refractivity contribution in [1.82, 2.24) is 0 Å². The van der Waals surface area contributed by atoms with Gasteiger partial charge in [0, 0.05) is 11.4 Å². The Kier molecular flexibility index (Phi) is 6.01. The van der Waals surface area contributed by atoms with Crippen molar-refractivity contribution in [1.29, 1.82) is 10.5 Å². The lowest BCUT2D eigenvalue weighted by molar-refractivity contribution is -0.212. The number of anilines is 2. The molecule has 0 unspecified atom stereocenters. The molecule has 1 fully saturated rings. The Labute approximate surface area is 177 Å². The van der Waals surface area contributed by atoms with E-state index in [4.69, 9.17) is 15.3 Å². The Hall–Kier alpha value is -3.77. The number of amides is 1. The quantitative estimate of drug-likeness (QED) is 0.703. The first kappa shape index (κ1) is 22.9. The fourth-order valence-corrected chi connectivity index (χ4v) is 3.08. The highest BCUT2D eigenvalue weighted by Crippen LogP contribution is 2.39. The second-order valence-electron chi connectivity index (χ2n) is 6.69. The zero-order chi connectivity index (χ0) is 23.7. The fraction of sp³-hybridized carbons (Fsp3) is 0.250. The summed E-state index contributed by atoms with van der Waals surface area (Å²) in [4.78, 5) is 12.9. The van der Waals surface area contributed by atoms with E-state index >= 15 is 0 Å². The number of rotatable bonds is 3. The van der Waals surface area contributed by atoms with Crippen molar-refractivity contribution >= 4 is 17.3 Å². The van der Waals surface area contributed by atoms with Gasteiger partial charge in [0.05, 0.1) is 35.4 Å². The lowest BCUT2D eigenvalue weighted by atomic mass is 10.1. The number of carbonyl (C=O) groups excluding carboxylic acids is 1. The van der Waals surface area contributed by atoms with Crippen LogP contribution in [0.3, 0.4) is 0 Å². The largest absolute Gasteiger partial charge is 0.433 e. The van der Waals surface area contributed by atoms with Crippen molar-refractivity contribution in [3.63, 3.8) is 0 Å². The van der Waals surface area contributed by atoms with Gasteiger partial charge in [0.15, 0.2) is 6.10 Å². The van der Waals surface area contributed by atoms with E-state index in [-0.39, 0.29) is 5.69 Å². The second kappa shape index (κ2) is 8.40. The van der Waals surface area contributed by atoms with Gasteiger partial charge in [-0.05, 0) is 42.5 Å². The summed E-state index contributed by atoms with van der Waals surface area (Å²) in [7, 11) is 0. The maximum atomic E-state index is 13.5. The highest BCUT2D eigenvalue weighted by Gasteiger charge is 2.52. The van der Waals surface area contributed by atoms with Gasteiger partial charge >= 0.3 is 12.4 Å². The van der Waals surface area contributed by atoms with Gasteiger partial charge in [-0.3, -0.25) is 4.79 Å². The average molecular weight is 454 g/mol. The number of nitriles is 2. The molecule has 0 aromatic heterocycles. The highest BCUT2D eigenvalue weighted by molar-refractivity contribution is 5.95. The standard InChI is InChI=1S/C20H12F6N4O2/c21-19(22,23)15-7-14(6-3-12(15)9-28)30-10-16(32-18(30)20(24,25)26)17(31)29-13-4-1-11(8-27)2-5-13/h1-7,16,18H,10H2,(H,29,31)/t16-,18+/m0/s1. The molecule has 1 heterocycles. The van der Waals surface area contributed by atoms with E-state index in [1.54, 1.807) is 0 Å². The molecule has 2 aromatic carbocycles. The van der Waals surface area contributed by atoms with Crippen molar-refractivity contribution in [3.05, 3.63) is 59.2 Å². The number of nitrogens with zero attached hydrogens (tertiary/aromatic N) is 3. The van der Waals surface area contributed by atoms with Crippen LogP contribution in [0.1, 0.15) is 16.7 Å². The molecule has 1 saturated heterocycles. The molecule has 6 nitrogen and oxygen atoms in total. The van der Waals surface area contributed by atoms with Gasteiger partial charge < -0.3 is 15.0 Å². The number of carbonyl (C=O) groups is 1. The Bertz CT molecular complexity index is 1100. The SMILES string of the molecule is N#Cc1ccc(NC(=O)[C@@H]2CN(c3ccc(C#N)c(C(F)(F)F)c3)[C@@H](C(F)(F)F)O2)cc1. The molecule has 2 aromatic rings. The first-order chi connectivity index (χ1) is 14.9. The Balaban J connectivity index is 1.88. The van der Waals surface area contributed by atoms with Crippen LogP contribution in [0.5, 0.6) is 0 Å². The summed E-state index contributed by atoms with van der Waals surface area (Å²) in [5.41, 5.74) is -2.17. The van der Waals surface area contributed by atoms with Crippen LogP contribution in [-0.2, 0) is 15.7 Å². The summed E-state index contributed by atoms with van der Waals surface area (Å²) in [5, 5.41) is 20.0. The fourth-order valence-electron chi connectivity index (χ4n) is 3.08. The summed E-state index contributed by atoms with van der Waals surface area (Å²) in [6.45, 7) is -0.685. The minimum Gasteiger partial charge on any atom is -0.335 e. The molecule has 2 atom stereocenters. The van der Waals surface area contributed by atoms with Crippen LogP contribution < -0.4 is 10.2 Å². The predicted molar refractivity (Wildman–Crippen MR) is 98.0 cm³/mol. The van der Waals surface area contributed by atoms with Crippen LogP contribution in [0, 0.1) is 22.7 Å². The van der Waals surface area contributed by atoms with Crippen LogP contribution in [0.25, 0.3) is 0 Å². The number of halogens is 6. The number of alkyl halides is 6. The van der Waals surface area contributed by atoms with Crippen molar-refractivity contribution in [3.8, 4) is 12.1 Å². The second-order valence-corrected chi connectivity index (χ2v) is 6.69. The summed E-state index contributed by atoms with van der Waals surface area (Å²) >= 11 is 0. The molecule has 1 aliphatic heterocycles. The maximum absolute atomic E-state index is 13.5. The highest BCUT2D eigenvalue weighted by atomic mass is 19.4. The first-order valence-corrected chi connectivity index (χ1v) is 8.85. The van der Waals surface area contributed by atoms with Crippen molar-refractivity contribution in [2.24, 2.45) is 0 Å². The molecule has 12 heteroatoms. The molecule has 0 spiro atoms. The molecule has 1 aliphatic rings. The van der Waals surface area contributed by atoms with Gasteiger partial charge in [-0.1, -0.05) is 0 Å². The van der Waals surface area contributed by atoms with E-state index in [2.05, 4.69) is 5.32 Å². The van der Waals surface area contributed by atoms with E-state index in [0.717, 1.165) is 12.1 Å². The predicted octanol–water partition coefficient (Wildman–Crippen LogP) is 4.18. The summed E-state index contributed by atoms with van der Waals surface area (Å²) < 4.78 is 85.1. The summed E-state index contributed by atoms with van der Waals surface area (Å²) in [6.07, 6.45) is -14.3. The van der Waals surface area contributed by atoms with Crippen LogP contribution in [0.15, 0.2) is 42.5 Å². The Morgan fingerprint density at radius 2 is 1.69 bits per heavy atom. The van der Waals surface area contributed by atoms with E-state index in [1.165, 1.54) is 30.3 Å². The maximum Gasteiger partial charge on any atom is 0.433 e. The van der Waals surface area contributed by atoms with Crippen LogP contribution in [0.2, 0.25) is 0 Å². The van der Waals surface area contributed by atoms with Crippen LogP contribution in [0.4, 0.5) is 37.7 Å². The molecule has 0 bridgehead atoms. The van der Waals surface area contributed by atoms with E-state index in [1.807, 2.05) is 6.07 Å². The van der Waals surface area contributed by atoms with Gasteiger partial charge in [0.2, 0.25) is 6.23 Å². The third-order valence-electron chi connectivity index (χ3n) is 4.55. The van der Waals surface area contributed by atoms with Gasteiger partial charge in [0.1, 0.15) is 0 Å². The molecule has 1 amide bonds. The minimum atomic E-state index is -5.02. The molecule has 0 radical (unpaired) electrons. The molecule has 3 rings (SSSR count). The van der Waals surface area contributed by atoms with Crippen LogP contribution >= 0.6 is 0 Å². The smallest absolute Gasteiger partial charge is 0.335 e. The van der Waals surface area contributed by atoms with Crippen molar-refractivity contribution in [2.45, 2.75) is 24.7 Å². The Morgan fingerprint density at radius 3 is 2.22 bits per heavy atom. The average Bonchev–Trinajstić information content (AvgIpc) is 3.19. The lowest BCUT2D eigenvalue weighted by Crippen LogP contribution is -2.42. The number of benzene rings is 2. The lowest BCUT2D eigenvalue weighted by Gasteiger charge is -2.27. The van der Waals surface area contributed by atoms with E-state index in [9.17, 15) is 31.1 Å². The zero-order valence-electron chi connectivity index (χ0n) is 15.8. The number of hydrogen-bond acceptors (Lipinski definition) is 5. The van der Waals surface area contributed by atoms with Crippen molar-refractivity contribution in [2.75, 3.05) is 16.8 Å². The molecule has 166 valence electrons. The summed E-state index contributed by atoms with van der Waals surface area (Å²) in [6, 6.07) is 10.8. The minimum absolute atomic E-state index is 0.192. The molecule has 1 N–H and O–H groups in total. The first-order valence-electron chi connectivity index (χ1n) is 8.85. The zero-order valence-corrected chi connectivity index (χ0v) is 15.8. The molecule has 0 aliphatic carbocycles. The Morgan fingerprint density at radius 1 is 1.03 bits per heavy atom. The topological polar surface area (TPSA) is 89.2 Å². The van der Waals surface area contributed by atoms with Crippen molar-refractivity contribution < 1.29 is 35.9 Å². The number of hydrogen-bond donors (Lipinski definition) is 1. The normalized spacial score (nSPS) is 18.7. The number of ether oxygens (including phenoxy) is 1.